The smallest absolute Gasteiger partial charge is 0.251 e. The predicted molar refractivity (Wildman–Crippen MR) is 123 cm³/mol. The number of rotatable bonds is 6. The molecular weight excluding hydrogens is 407 g/mol. The first-order chi connectivity index (χ1) is 15.1. The Balaban J connectivity index is 1.76. The van der Waals surface area contributed by atoms with E-state index in [4.69, 9.17) is 0 Å². The number of hydrogen-bond acceptors (Lipinski definition) is 3. The monoisotopic (exact) mass is 446 g/mol. The van der Waals surface area contributed by atoms with Gasteiger partial charge in [0, 0.05) is 30.6 Å². The van der Waals surface area contributed by atoms with Crippen molar-refractivity contribution in [2.75, 3.05) is 13.1 Å². The van der Waals surface area contributed by atoms with E-state index in [2.05, 4.69) is 19.2 Å². The molecule has 0 radical (unpaired) electrons. The Morgan fingerprint density at radius 2 is 1.91 bits per heavy atom. The fraction of sp³-hybridized carbons (Fsp3) is 0.692. The Kier molecular flexibility index (Phi) is 7.64. The maximum Gasteiger partial charge on any atom is 0.251 e. The average molecular weight is 447 g/mol. The minimum Gasteiger partial charge on any atom is -0.392 e. The molecule has 2 aliphatic rings. The van der Waals surface area contributed by atoms with Gasteiger partial charge in [0.2, 0.25) is 5.91 Å². The van der Waals surface area contributed by atoms with Crippen LogP contribution in [-0.2, 0) is 4.79 Å². The first-order valence-electron chi connectivity index (χ1n) is 12.2. The molecule has 2 amide bonds. The van der Waals surface area contributed by atoms with Gasteiger partial charge in [0.1, 0.15) is 5.82 Å². The van der Waals surface area contributed by atoms with E-state index in [1.54, 1.807) is 6.07 Å². The lowest BCUT2D eigenvalue weighted by Gasteiger charge is -2.56. The van der Waals surface area contributed by atoms with Crippen molar-refractivity contribution in [3.63, 3.8) is 0 Å². The van der Waals surface area contributed by atoms with E-state index < -0.39 is 11.9 Å². The summed E-state index contributed by atoms with van der Waals surface area (Å²) in [6.07, 6.45) is 2.98. The van der Waals surface area contributed by atoms with Crippen molar-refractivity contribution in [3.05, 3.63) is 35.6 Å². The topological polar surface area (TPSA) is 69.6 Å². The van der Waals surface area contributed by atoms with Crippen molar-refractivity contribution in [3.8, 4) is 0 Å². The van der Waals surface area contributed by atoms with E-state index in [1.165, 1.54) is 18.2 Å². The molecule has 0 aliphatic heterocycles. The molecule has 5 nitrogen and oxygen atoms in total. The number of aliphatic hydroxyl groups is 1. The quantitative estimate of drug-likeness (QED) is 0.686. The van der Waals surface area contributed by atoms with Gasteiger partial charge in [0.05, 0.1) is 6.10 Å². The SMILES string of the molecule is CCN(CC)C(=O)[C@@H](C)[C@@H]1CC[C@@]2(C)CC[C@H](NC(=O)c3cccc(F)c3)[C@@H](C)[C@@H]2[C@H]1O. The normalized spacial score (nSPS) is 33.2. The van der Waals surface area contributed by atoms with E-state index in [1.807, 2.05) is 25.7 Å². The number of hydrogen-bond donors (Lipinski definition) is 2. The van der Waals surface area contributed by atoms with Crippen molar-refractivity contribution >= 4 is 11.8 Å². The molecule has 3 rings (SSSR count). The van der Waals surface area contributed by atoms with Crippen molar-refractivity contribution < 1.29 is 19.1 Å². The maximum atomic E-state index is 13.6. The zero-order valence-corrected chi connectivity index (χ0v) is 20.1. The summed E-state index contributed by atoms with van der Waals surface area (Å²) in [5.74, 6) is -0.858. The first kappa shape index (κ1) is 24.7. The number of amides is 2. The molecule has 1 aromatic rings. The zero-order valence-electron chi connectivity index (χ0n) is 20.1. The highest BCUT2D eigenvalue weighted by Crippen LogP contribution is 2.55. The molecule has 0 aromatic heterocycles. The van der Waals surface area contributed by atoms with Crippen LogP contribution in [0, 0.1) is 34.9 Å². The Morgan fingerprint density at radius 1 is 1.25 bits per heavy atom. The van der Waals surface area contributed by atoms with Crippen molar-refractivity contribution in [1.82, 2.24) is 10.2 Å². The van der Waals surface area contributed by atoms with E-state index in [0.717, 1.165) is 25.7 Å². The Labute approximate surface area is 191 Å². The largest absolute Gasteiger partial charge is 0.392 e. The number of nitrogens with zero attached hydrogens (tertiary/aromatic N) is 1. The fourth-order valence-corrected chi connectivity index (χ4v) is 6.39. The molecule has 0 unspecified atom stereocenters. The number of carbonyl (C=O) groups is 2. The van der Waals surface area contributed by atoms with Crippen molar-refractivity contribution in [1.29, 1.82) is 0 Å². The average Bonchev–Trinajstić information content (AvgIpc) is 2.76. The van der Waals surface area contributed by atoms with Crippen LogP contribution >= 0.6 is 0 Å². The summed E-state index contributed by atoms with van der Waals surface area (Å²) in [7, 11) is 0. The van der Waals surface area contributed by atoms with Gasteiger partial charge in [0.25, 0.3) is 5.91 Å². The molecule has 6 heteroatoms. The van der Waals surface area contributed by atoms with Crippen molar-refractivity contribution in [2.24, 2.45) is 29.1 Å². The molecule has 0 spiro atoms. The van der Waals surface area contributed by atoms with Gasteiger partial charge >= 0.3 is 0 Å². The number of nitrogens with one attached hydrogen (secondary N) is 1. The molecule has 2 fully saturated rings. The summed E-state index contributed by atoms with van der Waals surface area (Å²) >= 11 is 0. The summed E-state index contributed by atoms with van der Waals surface area (Å²) in [6.45, 7) is 11.6. The van der Waals surface area contributed by atoms with Crippen LogP contribution < -0.4 is 5.32 Å². The number of halogens is 1. The molecule has 32 heavy (non-hydrogen) atoms. The first-order valence-corrected chi connectivity index (χ1v) is 12.2. The minimum absolute atomic E-state index is 0.000220. The van der Waals surface area contributed by atoms with Crippen LogP contribution in [0.1, 0.15) is 70.7 Å². The summed E-state index contributed by atoms with van der Waals surface area (Å²) < 4.78 is 13.6. The second-order valence-electron chi connectivity index (χ2n) is 10.2. The predicted octanol–water partition coefficient (Wildman–Crippen LogP) is 4.25. The summed E-state index contributed by atoms with van der Waals surface area (Å²) in [6, 6.07) is 5.63. The van der Waals surface area contributed by atoms with Crippen LogP contribution in [0.3, 0.4) is 0 Å². The van der Waals surface area contributed by atoms with Gasteiger partial charge in [-0.05, 0) is 80.9 Å². The molecule has 1 aromatic carbocycles. The van der Waals surface area contributed by atoms with E-state index >= 15 is 0 Å². The molecule has 0 heterocycles. The summed E-state index contributed by atoms with van der Waals surface area (Å²) in [5, 5.41) is 14.6. The summed E-state index contributed by atoms with van der Waals surface area (Å²) in [5.41, 5.74) is 0.305. The lowest BCUT2D eigenvalue weighted by Crippen LogP contribution is -2.58. The van der Waals surface area contributed by atoms with Crippen LogP contribution in [0.4, 0.5) is 4.39 Å². The fourth-order valence-electron chi connectivity index (χ4n) is 6.39. The van der Waals surface area contributed by atoms with Gasteiger partial charge in [-0.2, -0.15) is 0 Å². The van der Waals surface area contributed by atoms with Gasteiger partial charge in [-0.3, -0.25) is 9.59 Å². The molecule has 2 aliphatic carbocycles. The van der Waals surface area contributed by atoms with E-state index in [-0.39, 0.29) is 46.9 Å². The molecule has 0 bridgehead atoms. The Morgan fingerprint density at radius 3 is 2.53 bits per heavy atom. The zero-order chi connectivity index (χ0) is 23.6. The van der Waals surface area contributed by atoms with Crippen LogP contribution in [0.25, 0.3) is 0 Å². The van der Waals surface area contributed by atoms with E-state index in [0.29, 0.717) is 18.7 Å². The Hall–Kier alpha value is -1.95. The van der Waals surface area contributed by atoms with Crippen LogP contribution in [0.15, 0.2) is 24.3 Å². The standard InChI is InChI=1S/C26H39FN2O3/c1-6-29(7-2)25(32)16(3)20-11-13-26(5)14-12-21(17(4)22(26)23(20)30)28-24(31)18-9-8-10-19(27)15-18/h8-10,15-17,20-23,30H,6-7,11-14H2,1-5H3,(H,28,31)/t16-,17+,20-,21-,22+,23-,26-/m0/s1. The molecule has 2 saturated carbocycles. The Bertz CT molecular complexity index is 827. The van der Waals surface area contributed by atoms with Gasteiger partial charge in [-0.1, -0.05) is 26.8 Å². The van der Waals surface area contributed by atoms with Gasteiger partial charge in [-0.25, -0.2) is 4.39 Å². The third-order valence-electron chi connectivity index (χ3n) is 8.40. The highest BCUT2D eigenvalue weighted by atomic mass is 19.1. The number of benzene rings is 1. The minimum atomic E-state index is -0.591. The maximum absolute atomic E-state index is 13.6. The van der Waals surface area contributed by atoms with Crippen LogP contribution in [0.5, 0.6) is 0 Å². The lowest BCUT2D eigenvalue weighted by atomic mass is 9.51. The van der Waals surface area contributed by atoms with E-state index in [9.17, 15) is 19.1 Å². The second kappa shape index (κ2) is 9.90. The number of carbonyl (C=O) groups excluding carboxylic acids is 2. The highest BCUT2D eigenvalue weighted by Gasteiger charge is 2.54. The van der Waals surface area contributed by atoms with Crippen molar-refractivity contribution in [2.45, 2.75) is 72.4 Å². The molecule has 2 N–H and O–H groups in total. The molecule has 178 valence electrons. The molecule has 0 saturated heterocycles. The highest BCUT2D eigenvalue weighted by molar-refractivity contribution is 5.94. The van der Waals surface area contributed by atoms with Crippen LogP contribution in [0.2, 0.25) is 0 Å². The second-order valence-corrected chi connectivity index (χ2v) is 10.2. The lowest BCUT2D eigenvalue weighted by molar-refractivity contribution is -0.149. The summed E-state index contributed by atoms with van der Waals surface area (Å²) in [4.78, 5) is 27.6. The number of fused-ring (bicyclic) bond motifs is 1. The van der Waals surface area contributed by atoms with Gasteiger partial charge in [-0.15, -0.1) is 0 Å². The molecule has 7 atom stereocenters. The third-order valence-corrected chi connectivity index (χ3v) is 8.40. The molecular formula is C26H39FN2O3. The third kappa shape index (κ3) is 4.70. The number of aliphatic hydroxyl groups excluding tert-OH is 1. The van der Waals surface area contributed by atoms with Crippen LogP contribution in [-0.4, -0.2) is 47.1 Å². The van der Waals surface area contributed by atoms with Gasteiger partial charge < -0.3 is 15.3 Å². The van der Waals surface area contributed by atoms with Gasteiger partial charge in [0.15, 0.2) is 0 Å².